The summed E-state index contributed by atoms with van der Waals surface area (Å²) in [5.74, 6) is -0.00244. The molecule has 1 aliphatic heterocycles. The third-order valence-corrected chi connectivity index (χ3v) is 4.81. The number of carbonyl (C=O) groups is 1. The van der Waals surface area contributed by atoms with Gasteiger partial charge in [-0.25, -0.2) is 0 Å². The normalized spacial score (nSPS) is 16.8. The number of aliphatic hydroxyl groups is 1. The minimum absolute atomic E-state index is 0.00683. The van der Waals surface area contributed by atoms with Gasteiger partial charge in [-0.3, -0.25) is 9.78 Å². The number of rotatable bonds is 3. The molecule has 2 N–H and O–H groups in total. The molecular weight excluding hydrogens is 328 g/mol. The number of pyridine rings is 1. The zero-order valence-corrected chi connectivity index (χ0v) is 13.9. The van der Waals surface area contributed by atoms with Gasteiger partial charge < -0.3 is 15.1 Å². The summed E-state index contributed by atoms with van der Waals surface area (Å²) in [4.78, 5) is 18.3. The molecule has 2 heterocycles. The van der Waals surface area contributed by atoms with E-state index in [2.05, 4.69) is 4.98 Å². The summed E-state index contributed by atoms with van der Waals surface area (Å²) >= 11 is 5.87. The van der Waals surface area contributed by atoms with Crippen LogP contribution in [-0.2, 0) is 16.8 Å². The maximum atomic E-state index is 12.4. The quantitative estimate of drug-likeness (QED) is 0.895. The van der Waals surface area contributed by atoms with Crippen molar-refractivity contribution in [1.29, 1.82) is 0 Å². The van der Waals surface area contributed by atoms with Gasteiger partial charge in [-0.1, -0.05) is 23.7 Å². The molecule has 0 radical (unpaired) electrons. The molecule has 0 spiro atoms. The van der Waals surface area contributed by atoms with Gasteiger partial charge >= 0.3 is 0 Å². The van der Waals surface area contributed by atoms with Crippen molar-refractivity contribution >= 4 is 17.5 Å². The number of benzene rings is 1. The van der Waals surface area contributed by atoms with Gasteiger partial charge in [0.2, 0.25) is 5.91 Å². The molecule has 3 rings (SSSR count). The molecule has 1 amide bonds. The molecule has 2 aromatic rings. The zero-order valence-electron chi connectivity index (χ0n) is 13.2. The third-order valence-electron chi connectivity index (χ3n) is 4.51. The van der Waals surface area contributed by atoms with Crippen LogP contribution in [0, 0.1) is 0 Å². The van der Waals surface area contributed by atoms with E-state index >= 15 is 0 Å². The molecule has 1 saturated heterocycles. The molecular formula is C18H19ClN2O3. The lowest BCUT2D eigenvalue weighted by molar-refractivity contribution is -0.135. The summed E-state index contributed by atoms with van der Waals surface area (Å²) in [5.41, 5.74) is 0.630. The van der Waals surface area contributed by atoms with Crippen molar-refractivity contribution in [3.8, 4) is 5.75 Å². The number of aromatic nitrogens is 1. The first-order valence-electron chi connectivity index (χ1n) is 7.86. The van der Waals surface area contributed by atoms with Crippen molar-refractivity contribution in [2.45, 2.75) is 24.9 Å². The van der Waals surface area contributed by atoms with Crippen LogP contribution < -0.4 is 0 Å². The molecule has 1 aromatic carbocycles. The molecule has 1 aliphatic rings. The summed E-state index contributed by atoms with van der Waals surface area (Å²) in [7, 11) is 0. The average Bonchev–Trinajstić information content (AvgIpc) is 2.59. The van der Waals surface area contributed by atoms with Crippen LogP contribution in [0.15, 0.2) is 42.7 Å². The van der Waals surface area contributed by atoms with Crippen LogP contribution in [0.3, 0.4) is 0 Å². The van der Waals surface area contributed by atoms with Crippen LogP contribution >= 0.6 is 11.6 Å². The maximum Gasteiger partial charge on any atom is 0.226 e. The Bertz CT molecular complexity index is 728. The Hall–Kier alpha value is -2.11. The van der Waals surface area contributed by atoms with E-state index in [0.717, 1.165) is 11.1 Å². The number of phenols is 1. The second-order valence-electron chi connectivity index (χ2n) is 6.12. The average molecular weight is 347 g/mol. The van der Waals surface area contributed by atoms with Gasteiger partial charge in [0, 0.05) is 31.0 Å². The number of hydrogen-bond acceptors (Lipinski definition) is 4. The smallest absolute Gasteiger partial charge is 0.226 e. The molecule has 24 heavy (non-hydrogen) atoms. The highest BCUT2D eigenvalue weighted by atomic mass is 35.5. The molecule has 0 unspecified atom stereocenters. The van der Waals surface area contributed by atoms with Gasteiger partial charge in [0.25, 0.3) is 0 Å². The largest absolute Gasteiger partial charge is 0.506 e. The van der Waals surface area contributed by atoms with E-state index in [0.29, 0.717) is 25.9 Å². The number of piperidine rings is 1. The van der Waals surface area contributed by atoms with E-state index in [9.17, 15) is 15.0 Å². The first kappa shape index (κ1) is 16.7. The molecule has 1 fully saturated rings. The minimum atomic E-state index is -0.924. The Labute approximate surface area is 145 Å². The molecule has 1 aromatic heterocycles. The highest BCUT2D eigenvalue weighted by Gasteiger charge is 2.35. The Morgan fingerprint density at radius 3 is 2.67 bits per heavy atom. The summed E-state index contributed by atoms with van der Waals surface area (Å²) in [5, 5.41) is 20.4. The van der Waals surface area contributed by atoms with E-state index in [4.69, 9.17) is 11.6 Å². The maximum absolute atomic E-state index is 12.4. The van der Waals surface area contributed by atoms with Crippen molar-refractivity contribution < 1.29 is 15.0 Å². The van der Waals surface area contributed by atoms with Crippen LogP contribution in [-0.4, -0.2) is 39.1 Å². The van der Waals surface area contributed by atoms with Gasteiger partial charge in [0.05, 0.1) is 17.0 Å². The fourth-order valence-electron chi connectivity index (χ4n) is 3.00. The molecule has 0 aliphatic carbocycles. The molecule has 5 nitrogen and oxygen atoms in total. The van der Waals surface area contributed by atoms with E-state index in [1.165, 1.54) is 6.07 Å². The zero-order chi connectivity index (χ0) is 17.2. The van der Waals surface area contributed by atoms with E-state index < -0.39 is 5.60 Å². The summed E-state index contributed by atoms with van der Waals surface area (Å²) < 4.78 is 0. The molecule has 126 valence electrons. The molecule has 0 saturated carbocycles. The van der Waals surface area contributed by atoms with Crippen molar-refractivity contribution in [1.82, 2.24) is 9.88 Å². The van der Waals surface area contributed by atoms with Crippen molar-refractivity contribution in [3.05, 3.63) is 58.9 Å². The summed E-state index contributed by atoms with van der Waals surface area (Å²) in [6.45, 7) is 0.992. The predicted octanol–water partition coefficient (Wildman–Crippen LogP) is 2.49. The number of nitrogens with zero attached hydrogens (tertiary/aromatic N) is 2. The monoisotopic (exact) mass is 346 g/mol. The van der Waals surface area contributed by atoms with Crippen LogP contribution in [0.1, 0.15) is 24.0 Å². The van der Waals surface area contributed by atoms with E-state index in [1.807, 2.05) is 6.07 Å². The molecule has 0 atom stereocenters. The number of phenolic OH excluding ortho intramolecular Hbond substituents is 1. The number of carbonyl (C=O) groups excluding carboxylic acids is 1. The first-order valence-corrected chi connectivity index (χ1v) is 8.24. The highest BCUT2D eigenvalue weighted by molar-refractivity contribution is 6.32. The summed E-state index contributed by atoms with van der Waals surface area (Å²) in [6, 6.07) is 8.45. The van der Waals surface area contributed by atoms with Crippen LogP contribution in [0.4, 0.5) is 0 Å². The van der Waals surface area contributed by atoms with E-state index in [-0.39, 0.29) is 23.1 Å². The Morgan fingerprint density at radius 1 is 1.29 bits per heavy atom. The lowest BCUT2D eigenvalue weighted by Gasteiger charge is -2.38. The molecule has 6 heteroatoms. The van der Waals surface area contributed by atoms with Crippen LogP contribution in [0.25, 0.3) is 0 Å². The first-order chi connectivity index (χ1) is 11.5. The third kappa shape index (κ3) is 3.52. The second kappa shape index (κ2) is 6.79. The van der Waals surface area contributed by atoms with Crippen LogP contribution in [0.2, 0.25) is 5.02 Å². The lowest BCUT2D eigenvalue weighted by Crippen LogP contribution is -2.45. The number of hydrogen-bond donors (Lipinski definition) is 2. The van der Waals surface area contributed by atoms with Gasteiger partial charge in [-0.05, 0) is 36.6 Å². The van der Waals surface area contributed by atoms with E-state index in [1.54, 1.807) is 35.5 Å². The highest BCUT2D eigenvalue weighted by Crippen LogP contribution is 2.32. The number of amides is 1. The van der Waals surface area contributed by atoms with Crippen LogP contribution in [0.5, 0.6) is 5.75 Å². The van der Waals surface area contributed by atoms with Gasteiger partial charge in [-0.15, -0.1) is 0 Å². The van der Waals surface area contributed by atoms with Crippen molar-refractivity contribution in [3.63, 3.8) is 0 Å². The topological polar surface area (TPSA) is 73.7 Å². The van der Waals surface area contributed by atoms with Gasteiger partial charge in [-0.2, -0.15) is 0 Å². The Balaban J connectivity index is 1.62. The fourth-order valence-corrected chi connectivity index (χ4v) is 3.20. The summed E-state index contributed by atoms with van der Waals surface area (Å²) in [6.07, 6.45) is 4.55. The molecule has 0 bridgehead atoms. The Kier molecular flexibility index (Phi) is 4.73. The standard InChI is InChI=1S/C18H19ClN2O3/c19-15-10-13(3-4-16(15)22)11-17(23)21-8-5-18(24,6-9-21)14-2-1-7-20-12-14/h1-4,7,10,12,22,24H,5-6,8-9,11H2. The van der Waals surface area contributed by atoms with Crippen molar-refractivity contribution in [2.24, 2.45) is 0 Å². The van der Waals surface area contributed by atoms with Gasteiger partial charge in [0.15, 0.2) is 0 Å². The minimum Gasteiger partial charge on any atom is -0.506 e. The number of aromatic hydroxyl groups is 1. The Morgan fingerprint density at radius 2 is 2.04 bits per heavy atom. The second-order valence-corrected chi connectivity index (χ2v) is 6.52. The SMILES string of the molecule is O=C(Cc1ccc(O)c(Cl)c1)N1CCC(O)(c2cccnc2)CC1. The lowest BCUT2D eigenvalue weighted by atomic mass is 9.85. The number of halogens is 1. The van der Waals surface area contributed by atoms with Crippen molar-refractivity contribution in [2.75, 3.05) is 13.1 Å². The fraction of sp³-hybridized carbons (Fsp3) is 0.333. The number of likely N-dealkylation sites (tertiary alicyclic amines) is 1. The van der Waals surface area contributed by atoms with Gasteiger partial charge in [0.1, 0.15) is 5.75 Å². The predicted molar refractivity (Wildman–Crippen MR) is 90.8 cm³/mol.